The predicted octanol–water partition coefficient (Wildman–Crippen LogP) is 1.93. The molecule has 0 aromatic heterocycles. The van der Waals surface area contributed by atoms with E-state index in [9.17, 15) is 4.79 Å². The molecule has 1 rings (SSSR count). The van der Waals surface area contributed by atoms with Crippen LogP contribution in [0.15, 0.2) is 0 Å². The van der Waals surface area contributed by atoms with Crippen LogP contribution in [0, 0.1) is 11.3 Å². The lowest BCUT2D eigenvalue weighted by Gasteiger charge is -2.29. The molecule has 0 radical (unpaired) electrons. The van der Waals surface area contributed by atoms with Gasteiger partial charge in [-0.25, -0.2) is 0 Å². The van der Waals surface area contributed by atoms with Gasteiger partial charge in [0.15, 0.2) is 0 Å². The van der Waals surface area contributed by atoms with Gasteiger partial charge >= 0.3 is 0 Å². The number of carbonyl (C=O) groups is 1. The van der Waals surface area contributed by atoms with Crippen LogP contribution < -0.4 is 10.6 Å². The summed E-state index contributed by atoms with van der Waals surface area (Å²) in [6.45, 7) is 10.1. The minimum atomic E-state index is -0.227. The highest BCUT2D eigenvalue weighted by Gasteiger charge is 2.26. The van der Waals surface area contributed by atoms with E-state index in [4.69, 9.17) is 0 Å². The summed E-state index contributed by atoms with van der Waals surface area (Å²) in [4.78, 5) is 11.9. The summed E-state index contributed by atoms with van der Waals surface area (Å²) in [6.07, 6.45) is 3.33. The van der Waals surface area contributed by atoms with Crippen LogP contribution in [0.1, 0.15) is 47.0 Å². The van der Waals surface area contributed by atoms with Crippen LogP contribution >= 0.6 is 0 Å². The zero-order valence-corrected chi connectivity index (χ0v) is 11.1. The first-order chi connectivity index (χ1) is 7.45. The van der Waals surface area contributed by atoms with Gasteiger partial charge in [-0.1, -0.05) is 20.8 Å². The highest BCUT2D eigenvalue weighted by molar-refractivity contribution is 5.81. The van der Waals surface area contributed by atoms with E-state index in [0.29, 0.717) is 12.0 Å². The maximum atomic E-state index is 11.9. The average molecular weight is 226 g/mol. The van der Waals surface area contributed by atoms with E-state index in [2.05, 4.69) is 24.5 Å². The number of piperidine rings is 1. The van der Waals surface area contributed by atoms with Gasteiger partial charge in [-0.05, 0) is 38.6 Å². The summed E-state index contributed by atoms with van der Waals surface area (Å²) in [5, 5.41) is 6.54. The minimum Gasteiger partial charge on any atom is -0.355 e. The van der Waals surface area contributed by atoms with Gasteiger partial charge in [0.1, 0.15) is 0 Å². The second kappa shape index (κ2) is 5.67. The fourth-order valence-corrected chi connectivity index (χ4v) is 1.87. The maximum Gasteiger partial charge on any atom is 0.225 e. The molecule has 0 saturated carbocycles. The molecule has 16 heavy (non-hydrogen) atoms. The van der Waals surface area contributed by atoms with Crippen LogP contribution in [-0.4, -0.2) is 25.0 Å². The van der Waals surface area contributed by atoms with Crippen molar-refractivity contribution >= 4 is 5.91 Å². The molecule has 1 saturated heterocycles. The number of hydrogen-bond acceptors (Lipinski definition) is 2. The lowest BCUT2D eigenvalue weighted by molar-refractivity contribution is -0.129. The molecule has 0 spiro atoms. The van der Waals surface area contributed by atoms with E-state index in [1.807, 2.05) is 13.8 Å². The Kier molecular flexibility index (Phi) is 4.78. The maximum absolute atomic E-state index is 11.9. The lowest BCUT2D eigenvalue weighted by atomic mass is 9.88. The summed E-state index contributed by atoms with van der Waals surface area (Å²) in [5.74, 6) is 0.793. The summed E-state index contributed by atoms with van der Waals surface area (Å²) in [7, 11) is 0. The fraction of sp³-hybridized carbons (Fsp3) is 0.923. The third kappa shape index (κ3) is 3.78. The van der Waals surface area contributed by atoms with Gasteiger partial charge in [-0.15, -0.1) is 0 Å². The van der Waals surface area contributed by atoms with Crippen LogP contribution in [0.2, 0.25) is 0 Å². The Labute approximate surface area is 99.4 Å². The minimum absolute atomic E-state index is 0.189. The summed E-state index contributed by atoms with van der Waals surface area (Å²) < 4.78 is 0. The molecule has 3 heteroatoms. The molecule has 3 nitrogen and oxygen atoms in total. The molecule has 2 N–H and O–H groups in total. The Morgan fingerprint density at radius 3 is 2.62 bits per heavy atom. The summed E-state index contributed by atoms with van der Waals surface area (Å²) in [6, 6.07) is 0.638. The van der Waals surface area contributed by atoms with Crippen LogP contribution in [0.3, 0.4) is 0 Å². The molecule has 1 aliphatic rings. The SMILES string of the molecule is CCC(C)(C)C(=O)NCC1CCC(C)NC1. The molecule has 2 atom stereocenters. The second-order valence-electron chi connectivity index (χ2n) is 5.70. The quantitative estimate of drug-likeness (QED) is 0.769. The third-order valence-electron chi connectivity index (χ3n) is 3.81. The van der Waals surface area contributed by atoms with Crippen molar-refractivity contribution in [1.82, 2.24) is 10.6 Å². The summed E-state index contributed by atoms with van der Waals surface area (Å²) >= 11 is 0. The normalized spacial score (nSPS) is 26.5. The monoisotopic (exact) mass is 226 g/mol. The van der Waals surface area contributed by atoms with Crippen molar-refractivity contribution in [2.45, 2.75) is 53.0 Å². The van der Waals surface area contributed by atoms with E-state index in [1.165, 1.54) is 12.8 Å². The first kappa shape index (κ1) is 13.5. The molecular weight excluding hydrogens is 200 g/mol. The van der Waals surface area contributed by atoms with Crippen molar-refractivity contribution in [2.75, 3.05) is 13.1 Å². The predicted molar refractivity (Wildman–Crippen MR) is 67.3 cm³/mol. The molecule has 0 bridgehead atoms. The van der Waals surface area contributed by atoms with Crippen LogP contribution in [-0.2, 0) is 4.79 Å². The Morgan fingerprint density at radius 1 is 1.44 bits per heavy atom. The molecule has 0 aromatic rings. The van der Waals surface area contributed by atoms with E-state index in [-0.39, 0.29) is 11.3 Å². The zero-order valence-electron chi connectivity index (χ0n) is 11.1. The molecule has 0 aliphatic carbocycles. The first-order valence-corrected chi connectivity index (χ1v) is 6.47. The topological polar surface area (TPSA) is 41.1 Å². The van der Waals surface area contributed by atoms with E-state index in [1.54, 1.807) is 0 Å². The van der Waals surface area contributed by atoms with Crippen molar-refractivity contribution in [1.29, 1.82) is 0 Å². The lowest BCUT2D eigenvalue weighted by Crippen LogP contribution is -2.44. The fourth-order valence-electron chi connectivity index (χ4n) is 1.87. The van der Waals surface area contributed by atoms with Crippen molar-refractivity contribution in [3.8, 4) is 0 Å². The van der Waals surface area contributed by atoms with Crippen molar-refractivity contribution in [3.63, 3.8) is 0 Å². The largest absolute Gasteiger partial charge is 0.355 e. The van der Waals surface area contributed by atoms with Crippen molar-refractivity contribution in [2.24, 2.45) is 11.3 Å². The Balaban J connectivity index is 2.27. The first-order valence-electron chi connectivity index (χ1n) is 6.47. The van der Waals surface area contributed by atoms with Crippen molar-refractivity contribution < 1.29 is 4.79 Å². The molecule has 1 amide bonds. The molecule has 94 valence electrons. The van der Waals surface area contributed by atoms with E-state index >= 15 is 0 Å². The Bertz CT molecular complexity index is 230. The molecule has 1 fully saturated rings. The van der Waals surface area contributed by atoms with Crippen molar-refractivity contribution in [3.05, 3.63) is 0 Å². The van der Waals surface area contributed by atoms with Crippen LogP contribution in [0.5, 0.6) is 0 Å². The average Bonchev–Trinajstić information content (AvgIpc) is 2.28. The molecule has 1 heterocycles. The molecule has 0 aromatic carbocycles. The number of nitrogens with one attached hydrogen (secondary N) is 2. The van der Waals surface area contributed by atoms with E-state index in [0.717, 1.165) is 19.5 Å². The summed E-state index contributed by atoms with van der Waals surface area (Å²) in [5.41, 5.74) is -0.227. The van der Waals surface area contributed by atoms with Gasteiger partial charge < -0.3 is 10.6 Å². The van der Waals surface area contributed by atoms with E-state index < -0.39 is 0 Å². The molecule has 2 unspecified atom stereocenters. The van der Waals surface area contributed by atoms with Gasteiger partial charge in [0.2, 0.25) is 5.91 Å². The third-order valence-corrected chi connectivity index (χ3v) is 3.81. The number of hydrogen-bond donors (Lipinski definition) is 2. The highest BCUT2D eigenvalue weighted by Crippen LogP contribution is 2.20. The Hall–Kier alpha value is -0.570. The van der Waals surface area contributed by atoms with Crippen LogP contribution in [0.25, 0.3) is 0 Å². The number of carbonyl (C=O) groups excluding carboxylic acids is 1. The van der Waals surface area contributed by atoms with Gasteiger partial charge in [-0.2, -0.15) is 0 Å². The molecule has 1 aliphatic heterocycles. The van der Waals surface area contributed by atoms with Crippen LogP contribution in [0.4, 0.5) is 0 Å². The second-order valence-corrected chi connectivity index (χ2v) is 5.70. The Morgan fingerprint density at radius 2 is 2.12 bits per heavy atom. The smallest absolute Gasteiger partial charge is 0.225 e. The van der Waals surface area contributed by atoms with Gasteiger partial charge in [0.05, 0.1) is 0 Å². The van der Waals surface area contributed by atoms with Gasteiger partial charge in [0.25, 0.3) is 0 Å². The van der Waals surface area contributed by atoms with Gasteiger partial charge in [0, 0.05) is 18.0 Å². The molecular formula is C13H26N2O. The number of rotatable bonds is 4. The highest BCUT2D eigenvalue weighted by atomic mass is 16.2. The van der Waals surface area contributed by atoms with Gasteiger partial charge in [-0.3, -0.25) is 4.79 Å². The standard InChI is InChI=1S/C13H26N2O/c1-5-13(3,4)12(16)15-9-11-7-6-10(2)14-8-11/h10-11,14H,5-9H2,1-4H3,(H,15,16). The zero-order chi connectivity index (χ0) is 12.2. The number of amides is 1.